The maximum absolute atomic E-state index is 12.3. The predicted octanol–water partition coefficient (Wildman–Crippen LogP) is 3.44. The van der Waals surface area contributed by atoms with Gasteiger partial charge >= 0.3 is 0 Å². The van der Waals surface area contributed by atoms with E-state index < -0.39 is 6.10 Å². The van der Waals surface area contributed by atoms with Crippen LogP contribution in [0.15, 0.2) is 54.6 Å². The molecule has 1 saturated heterocycles. The molecule has 1 heterocycles. The second kappa shape index (κ2) is 15.9. The molecule has 0 unspecified atom stereocenters. The Balaban J connectivity index is 0.00000306. The van der Waals surface area contributed by atoms with Crippen molar-refractivity contribution in [3.8, 4) is 5.75 Å². The molecule has 2 aromatic rings. The highest BCUT2D eigenvalue weighted by atomic mass is 35.5. The molecule has 0 radical (unpaired) electrons. The molecular weight excluding hydrogens is 487 g/mol. The quantitative estimate of drug-likeness (QED) is 0.467. The Morgan fingerprint density at radius 1 is 1.03 bits per heavy atom. The third-order valence-corrected chi connectivity index (χ3v) is 5.87. The van der Waals surface area contributed by atoms with Gasteiger partial charge in [-0.05, 0) is 36.4 Å². The van der Waals surface area contributed by atoms with Crippen LogP contribution in [0.5, 0.6) is 5.75 Å². The number of hydrogen-bond donors (Lipinski definition) is 2. The average molecular weight is 528 g/mol. The number of para-hydroxylation sites is 1. The van der Waals surface area contributed by atoms with Crippen LogP contribution in [0.25, 0.3) is 0 Å². The van der Waals surface area contributed by atoms with Gasteiger partial charge in [0.1, 0.15) is 18.5 Å². The molecule has 1 amide bonds. The van der Waals surface area contributed by atoms with Crippen molar-refractivity contribution < 1.29 is 14.6 Å². The fraction of sp³-hybridized carbons (Fsp3) is 0.500. The zero-order valence-electron chi connectivity index (χ0n) is 20.9. The number of carbonyl (C=O) groups excluding carboxylic acids is 1. The fourth-order valence-corrected chi connectivity index (χ4v) is 3.92. The van der Waals surface area contributed by atoms with Gasteiger partial charge < -0.3 is 25.0 Å². The third kappa shape index (κ3) is 10.2. The summed E-state index contributed by atoms with van der Waals surface area (Å²) in [5, 5.41) is 13.2. The SMILES string of the molecule is CC(=O)N(CCN1CCN(c2ccccc2)CC1)c1ccc(OC[C@@H](O)CNC(C)C)cc1.Cl.Cl. The second-order valence-electron chi connectivity index (χ2n) is 8.86. The molecule has 0 bridgehead atoms. The number of aliphatic hydroxyl groups is 1. The Bertz CT molecular complexity index is 847. The van der Waals surface area contributed by atoms with Gasteiger partial charge in [-0.2, -0.15) is 0 Å². The number of anilines is 2. The van der Waals surface area contributed by atoms with E-state index in [1.165, 1.54) is 5.69 Å². The molecular formula is C26H40Cl2N4O3. The number of benzene rings is 2. The number of rotatable bonds is 11. The molecule has 1 atom stereocenters. The van der Waals surface area contributed by atoms with Crippen LogP contribution in [0, 0.1) is 0 Å². The van der Waals surface area contributed by atoms with E-state index in [9.17, 15) is 9.90 Å². The van der Waals surface area contributed by atoms with E-state index >= 15 is 0 Å². The van der Waals surface area contributed by atoms with Crippen LogP contribution in [-0.4, -0.2) is 80.5 Å². The Hall–Kier alpha value is -2.03. The highest BCUT2D eigenvalue weighted by molar-refractivity contribution is 5.91. The highest BCUT2D eigenvalue weighted by Gasteiger charge is 2.19. The van der Waals surface area contributed by atoms with Crippen LogP contribution in [0.3, 0.4) is 0 Å². The molecule has 0 spiro atoms. The van der Waals surface area contributed by atoms with Crippen LogP contribution in [0.4, 0.5) is 11.4 Å². The predicted molar refractivity (Wildman–Crippen MR) is 149 cm³/mol. The first-order valence-electron chi connectivity index (χ1n) is 11.9. The number of carbonyl (C=O) groups is 1. The molecule has 1 fully saturated rings. The number of nitrogens with zero attached hydrogens (tertiary/aromatic N) is 3. The van der Waals surface area contributed by atoms with Crippen molar-refractivity contribution in [1.82, 2.24) is 10.2 Å². The summed E-state index contributed by atoms with van der Waals surface area (Å²) in [7, 11) is 0. The Labute approximate surface area is 222 Å². The minimum absolute atomic E-state index is 0. The Morgan fingerprint density at radius 3 is 2.23 bits per heavy atom. The number of aliphatic hydroxyl groups excluding tert-OH is 1. The van der Waals surface area contributed by atoms with Crippen molar-refractivity contribution in [3.05, 3.63) is 54.6 Å². The highest BCUT2D eigenvalue weighted by Crippen LogP contribution is 2.21. The molecule has 3 rings (SSSR count). The maximum atomic E-state index is 12.3. The van der Waals surface area contributed by atoms with E-state index in [-0.39, 0.29) is 37.3 Å². The van der Waals surface area contributed by atoms with Crippen LogP contribution < -0.4 is 19.9 Å². The molecule has 35 heavy (non-hydrogen) atoms. The van der Waals surface area contributed by atoms with Gasteiger partial charge in [0.15, 0.2) is 0 Å². The van der Waals surface area contributed by atoms with Crippen LogP contribution in [0.1, 0.15) is 20.8 Å². The van der Waals surface area contributed by atoms with Crippen molar-refractivity contribution in [2.75, 3.05) is 62.2 Å². The van der Waals surface area contributed by atoms with E-state index in [0.717, 1.165) is 38.4 Å². The molecule has 1 aliphatic heterocycles. The fourth-order valence-electron chi connectivity index (χ4n) is 3.92. The molecule has 2 aromatic carbocycles. The van der Waals surface area contributed by atoms with Gasteiger partial charge in [-0.15, -0.1) is 24.8 Å². The van der Waals surface area contributed by atoms with E-state index in [4.69, 9.17) is 4.74 Å². The molecule has 196 valence electrons. The van der Waals surface area contributed by atoms with Gasteiger partial charge in [-0.1, -0.05) is 32.0 Å². The summed E-state index contributed by atoms with van der Waals surface area (Å²) < 4.78 is 5.69. The molecule has 0 saturated carbocycles. The summed E-state index contributed by atoms with van der Waals surface area (Å²) in [5.41, 5.74) is 2.13. The first kappa shape index (κ1) is 31.0. The number of amides is 1. The first-order chi connectivity index (χ1) is 15.9. The lowest BCUT2D eigenvalue weighted by atomic mass is 10.2. The van der Waals surface area contributed by atoms with E-state index in [1.54, 1.807) is 6.92 Å². The summed E-state index contributed by atoms with van der Waals surface area (Å²) >= 11 is 0. The molecule has 0 aromatic heterocycles. The maximum Gasteiger partial charge on any atom is 0.223 e. The summed E-state index contributed by atoms with van der Waals surface area (Å²) in [6.07, 6.45) is -0.567. The van der Waals surface area contributed by atoms with Crippen LogP contribution in [-0.2, 0) is 4.79 Å². The second-order valence-corrected chi connectivity index (χ2v) is 8.86. The largest absolute Gasteiger partial charge is 0.491 e. The zero-order valence-corrected chi connectivity index (χ0v) is 22.6. The summed E-state index contributed by atoms with van der Waals surface area (Å²) in [5.74, 6) is 0.713. The van der Waals surface area contributed by atoms with E-state index in [2.05, 4.69) is 39.4 Å². The Morgan fingerprint density at radius 2 is 1.66 bits per heavy atom. The van der Waals surface area contributed by atoms with Gasteiger partial charge in [0.05, 0.1) is 0 Å². The molecule has 7 nitrogen and oxygen atoms in total. The molecule has 2 N–H and O–H groups in total. The molecule has 9 heteroatoms. The standard InChI is InChI=1S/C26H38N4O3.2ClH/c1-21(2)27-19-25(32)20-33-26-11-9-24(10-12-26)30(22(3)31)18-15-28-13-16-29(17-14-28)23-7-5-4-6-8-23;;/h4-12,21,25,27,32H,13-20H2,1-3H3;2*1H/t25-;;/m0../s1. The van der Waals surface area contributed by atoms with Crippen molar-refractivity contribution in [1.29, 1.82) is 0 Å². The van der Waals surface area contributed by atoms with Crippen LogP contribution >= 0.6 is 24.8 Å². The Kier molecular flexibility index (Phi) is 14.0. The summed E-state index contributed by atoms with van der Waals surface area (Å²) in [6, 6.07) is 18.4. The average Bonchev–Trinajstić information content (AvgIpc) is 2.83. The lowest BCUT2D eigenvalue weighted by Gasteiger charge is -2.37. The lowest BCUT2D eigenvalue weighted by Crippen LogP contribution is -2.49. The van der Waals surface area contributed by atoms with Gasteiger partial charge in [-0.25, -0.2) is 0 Å². The smallest absolute Gasteiger partial charge is 0.223 e. The topological polar surface area (TPSA) is 68.3 Å². The first-order valence-corrected chi connectivity index (χ1v) is 11.9. The zero-order chi connectivity index (χ0) is 23.6. The number of nitrogens with one attached hydrogen (secondary N) is 1. The van der Waals surface area contributed by atoms with Crippen LogP contribution in [0.2, 0.25) is 0 Å². The van der Waals surface area contributed by atoms with Crippen molar-refractivity contribution in [2.45, 2.75) is 32.9 Å². The van der Waals surface area contributed by atoms with E-state index in [0.29, 0.717) is 24.9 Å². The monoisotopic (exact) mass is 526 g/mol. The minimum atomic E-state index is -0.567. The number of piperazine rings is 1. The van der Waals surface area contributed by atoms with Crippen molar-refractivity contribution in [3.63, 3.8) is 0 Å². The van der Waals surface area contributed by atoms with Gasteiger partial charge in [0, 0.05) is 70.2 Å². The van der Waals surface area contributed by atoms with Gasteiger partial charge in [0.25, 0.3) is 0 Å². The third-order valence-electron chi connectivity index (χ3n) is 5.87. The van der Waals surface area contributed by atoms with Crippen molar-refractivity contribution >= 4 is 42.1 Å². The lowest BCUT2D eigenvalue weighted by molar-refractivity contribution is -0.116. The number of hydrogen-bond acceptors (Lipinski definition) is 6. The van der Waals surface area contributed by atoms with E-state index in [1.807, 2.05) is 49.1 Å². The summed E-state index contributed by atoms with van der Waals surface area (Å²) in [6.45, 7) is 11.9. The molecule has 0 aliphatic carbocycles. The van der Waals surface area contributed by atoms with Gasteiger partial charge in [0.2, 0.25) is 5.91 Å². The van der Waals surface area contributed by atoms with Crippen molar-refractivity contribution in [2.24, 2.45) is 0 Å². The normalized spacial score (nSPS) is 14.6. The number of ether oxygens (including phenoxy) is 1. The number of halogens is 2. The van der Waals surface area contributed by atoms with Gasteiger partial charge in [-0.3, -0.25) is 9.69 Å². The molecule has 1 aliphatic rings. The summed E-state index contributed by atoms with van der Waals surface area (Å²) in [4.78, 5) is 18.9. The minimum Gasteiger partial charge on any atom is -0.491 e.